The minimum Gasteiger partial charge on any atom is -0.383 e. The van der Waals surface area contributed by atoms with E-state index >= 15 is 0 Å². The molecular formula is C9H10ClNO2. The summed E-state index contributed by atoms with van der Waals surface area (Å²) in [5.74, 6) is 0.382. The van der Waals surface area contributed by atoms with Crippen LogP contribution >= 0.6 is 11.9 Å². The number of hydrogen-bond donors (Lipinski definition) is 1. The van der Waals surface area contributed by atoms with E-state index in [0.717, 1.165) is 0 Å². The standard InChI is InChI=1S/C9H10ClNO2/c1-2-9(12)11-7-5-3-4-6-8(7)13-10/h3-6H,2H2,1H3,(H,11,12). The molecule has 0 bridgehead atoms. The molecule has 13 heavy (non-hydrogen) atoms. The molecule has 1 aromatic rings. The molecule has 0 aliphatic heterocycles. The summed E-state index contributed by atoms with van der Waals surface area (Å²) >= 11 is 5.21. The van der Waals surface area contributed by atoms with Crippen LogP contribution < -0.4 is 9.61 Å². The number of amides is 1. The Morgan fingerprint density at radius 2 is 2.23 bits per heavy atom. The molecule has 1 amide bonds. The molecule has 0 aliphatic rings. The van der Waals surface area contributed by atoms with Crippen molar-refractivity contribution in [2.75, 3.05) is 5.32 Å². The van der Waals surface area contributed by atoms with Crippen molar-refractivity contribution >= 4 is 23.5 Å². The zero-order valence-corrected chi connectivity index (χ0v) is 7.97. The van der Waals surface area contributed by atoms with Gasteiger partial charge in [0, 0.05) is 6.42 Å². The van der Waals surface area contributed by atoms with Crippen LogP contribution in [0.2, 0.25) is 0 Å². The summed E-state index contributed by atoms with van der Waals surface area (Å²) in [6, 6.07) is 6.98. The van der Waals surface area contributed by atoms with Gasteiger partial charge in [-0.05, 0) is 12.1 Å². The summed E-state index contributed by atoms with van der Waals surface area (Å²) in [5, 5.41) is 2.66. The van der Waals surface area contributed by atoms with Crippen molar-refractivity contribution in [3.05, 3.63) is 24.3 Å². The first-order valence-corrected chi connectivity index (χ1v) is 4.26. The number of nitrogens with one attached hydrogen (secondary N) is 1. The van der Waals surface area contributed by atoms with Crippen LogP contribution in [0.1, 0.15) is 13.3 Å². The van der Waals surface area contributed by atoms with Crippen molar-refractivity contribution in [3.8, 4) is 5.75 Å². The number of carbonyl (C=O) groups is 1. The highest BCUT2D eigenvalue weighted by molar-refractivity contribution is 6.09. The summed E-state index contributed by atoms with van der Waals surface area (Å²) < 4.78 is 4.55. The van der Waals surface area contributed by atoms with Gasteiger partial charge in [-0.25, -0.2) is 0 Å². The molecule has 1 N–H and O–H groups in total. The zero-order valence-electron chi connectivity index (χ0n) is 7.21. The fourth-order valence-corrected chi connectivity index (χ4v) is 1.01. The lowest BCUT2D eigenvalue weighted by Gasteiger charge is -2.06. The molecule has 1 aromatic carbocycles. The van der Waals surface area contributed by atoms with E-state index in [4.69, 9.17) is 11.9 Å². The van der Waals surface area contributed by atoms with E-state index < -0.39 is 0 Å². The minimum atomic E-state index is -0.0684. The van der Waals surface area contributed by atoms with Gasteiger partial charge >= 0.3 is 0 Å². The molecule has 0 saturated heterocycles. The molecule has 0 aliphatic carbocycles. The second-order valence-electron chi connectivity index (χ2n) is 2.48. The summed E-state index contributed by atoms with van der Waals surface area (Å²) in [5.41, 5.74) is 0.587. The Labute approximate surface area is 81.8 Å². The molecule has 0 fully saturated rings. The van der Waals surface area contributed by atoms with Gasteiger partial charge in [0.25, 0.3) is 0 Å². The third-order valence-corrected chi connectivity index (χ3v) is 1.73. The first-order valence-electron chi connectivity index (χ1n) is 3.95. The third-order valence-electron chi connectivity index (χ3n) is 1.57. The van der Waals surface area contributed by atoms with E-state index in [1.807, 2.05) is 0 Å². The van der Waals surface area contributed by atoms with Gasteiger partial charge in [0.2, 0.25) is 5.91 Å². The number of rotatable bonds is 3. The van der Waals surface area contributed by atoms with Crippen molar-refractivity contribution in [3.63, 3.8) is 0 Å². The number of benzene rings is 1. The lowest BCUT2D eigenvalue weighted by Crippen LogP contribution is -2.09. The predicted molar refractivity (Wildman–Crippen MR) is 51.8 cm³/mol. The smallest absolute Gasteiger partial charge is 0.224 e. The van der Waals surface area contributed by atoms with E-state index in [1.54, 1.807) is 31.2 Å². The van der Waals surface area contributed by atoms with Crippen LogP contribution in [-0.2, 0) is 4.79 Å². The van der Waals surface area contributed by atoms with Gasteiger partial charge < -0.3 is 9.61 Å². The van der Waals surface area contributed by atoms with Gasteiger partial charge in [-0.2, -0.15) is 0 Å². The van der Waals surface area contributed by atoms with Gasteiger partial charge in [0.1, 0.15) is 11.9 Å². The summed E-state index contributed by atoms with van der Waals surface area (Å²) in [6.45, 7) is 1.78. The summed E-state index contributed by atoms with van der Waals surface area (Å²) in [7, 11) is 0. The normalized spacial score (nSPS) is 9.38. The van der Waals surface area contributed by atoms with Crippen molar-refractivity contribution in [2.45, 2.75) is 13.3 Å². The average Bonchev–Trinajstić information content (AvgIpc) is 2.18. The molecular weight excluding hydrogens is 190 g/mol. The second kappa shape index (κ2) is 4.72. The first kappa shape index (κ1) is 9.86. The van der Waals surface area contributed by atoms with Gasteiger partial charge in [-0.3, -0.25) is 4.79 Å². The lowest BCUT2D eigenvalue weighted by atomic mass is 10.3. The Kier molecular flexibility index (Phi) is 3.58. The van der Waals surface area contributed by atoms with Crippen molar-refractivity contribution in [1.82, 2.24) is 0 Å². The molecule has 0 heterocycles. The molecule has 70 valence electrons. The number of para-hydroxylation sites is 2. The maximum Gasteiger partial charge on any atom is 0.224 e. The average molecular weight is 200 g/mol. The Bertz CT molecular complexity index is 301. The van der Waals surface area contributed by atoms with E-state index in [-0.39, 0.29) is 5.91 Å². The van der Waals surface area contributed by atoms with Crippen molar-refractivity contribution in [2.24, 2.45) is 0 Å². The van der Waals surface area contributed by atoms with Gasteiger partial charge in [-0.15, -0.1) is 0 Å². The molecule has 4 heteroatoms. The first-order chi connectivity index (χ1) is 6.27. The number of carbonyl (C=O) groups excluding carboxylic acids is 1. The van der Waals surface area contributed by atoms with Crippen LogP contribution in [0.4, 0.5) is 5.69 Å². The minimum absolute atomic E-state index is 0.0684. The third kappa shape index (κ3) is 2.63. The number of halogens is 1. The van der Waals surface area contributed by atoms with Crippen LogP contribution in [0.15, 0.2) is 24.3 Å². The van der Waals surface area contributed by atoms with E-state index in [9.17, 15) is 4.79 Å². The number of anilines is 1. The topological polar surface area (TPSA) is 38.3 Å². The highest BCUT2D eigenvalue weighted by Gasteiger charge is 2.04. The van der Waals surface area contributed by atoms with E-state index in [0.29, 0.717) is 17.9 Å². The number of hydrogen-bond acceptors (Lipinski definition) is 2. The van der Waals surface area contributed by atoms with Crippen LogP contribution in [0.3, 0.4) is 0 Å². The Balaban J connectivity index is 2.81. The highest BCUT2D eigenvalue weighted by Crippen LogP contribution is 2.24. The monoisotopic (exact) mass is 199 g/mol. The van der Waals surface area contributed by atoms with Crippen LogP contribution in [0.5, 0.6) is 5.75 Å². The zero-order chi connectivity index (χ0) is 9.68. The Morgan fingerprint density at radius 1 is 1.54 bits per heavy atom. The van der Waals surface area contributed by atoms with Gasteiger partial charge in [0.05, 0.1) is 5.69 Å². The summed E-state index contributed by atoms with van der Waals surface area (Å²) in [6.07, 6.45) is 0.427. The molecule has 0 saturated carbocycles. The van der Waals surface area contributed by atoms with Crippen LogP contribution in [0.25, 0.3) is 0 Å². The summed E-state index contributed by atoms with van der Waals surface area (Å²) in [4.78, 5) is 11.0. The molecule has 1 rings (SSSR count). The van der Waals surface area contributed by atoms with Crippen LogP contribution in [-0.4, -0.2) is 5.91 Å². The van der Waals surface area contributed by atoms with E-state index in [2.05, 4.69) is 9.61 Å². The molecule has 3 nitrogen and oxygen atoms in total. The largest absolute Gasteiger partial charge is 0.383 e. The Hall–Kier alpha value is -1.22. The lowest BCUT2D eigenvalue weighted by molar-refractivity contribution is -0.115. The maximum atomic E-state index is 11.0. The van der Waals surface area contributed by atoms with Crippen LogP contribution in [0, 0.1) is 0 Å². The predicted octanol–water partition coefficient (Wildman–Crippen LogP) is 2.57. The second-order valence-corrected chi connectivity index (χ2v) is 2.63. The SMILES string of the molecule is CCC(=O)Nc1ccccc1OCl. The van der Waals surface area contributed by atoms with Gasteiger partial charge in [-0.1, -0.05) is 19.1 Å². The fourth-order valence-electron chi connectivity index (χ4n) is 0.876. The maximum absolute atomic E-state index is 11.0. The Morgan fingerprint density at radius 3 is 2.85 bits per heavy atom. The molecule has 0 unspecified atom stereocenters. The molecule has 0 atom stereocenters. The quantitative estimate of drug-likeness (QED) is 0.813. The molecule has 0 spiro atoms. The molecule has 0 aromatic heterocycles. The van der Waals surface area contributed by atoms with Crippen molar-refractivity contribution in [1.29, 1.82) is 0 Å². The fraction of sp³-hybridized carbons (Fsp3) is 0.222. The highest BCUT2D eigenvalue weighted by atomic mass is 35.5. The van der Waals surface area contributed by atoms with Gasteiger partial charge in [0.15, 0.2) is 5.75 Å². The molecule has 0 radical (unpaired) electrons. The van der Waals surface area contributed by atoms with Crippen molar-refractivity contribution < 1.29 is 9.08 Å². The van der Waals surface area contributed by atoms with E-state index in [1.165, 1.54) is 0 Å².